The molecule has 9 heteroatoms. The van der Waals surface area contributed by atoms with Crippen molar-refractivity contribution in [2.45, 2.75) is 30.0 Å². The summed E-state index contributed by atoms with van der Waals surface area (Å²) < 4.78 is 55.8. The minimum Gasteiger partial charge on any atom is -0.313 e. The molecule has 29 heavy (non-hydrogen) atoms. The fourth-order valence-electron chi connectivity index (χ4n) is 3.77. The quantitative estimate of drug-likeness (QED) is 0.622. The van der Waals surface area contributed by atoms with Crippen molar-refractivity contribution in [3.8, 4) is 11.3 Å². The van der Waals surface area contributed by atoms with Crippen molar-refractivity contribution >= 4 is 22.6 Å². The van der Waals surface area contributed by atoms with Crippen LogP contribution >= 0.6 is 11.6 Å². The predicted molar refractivity (Wildman–Crippen MR) is 106 cm³/mol. The van der Waals surface area contributed by atoms with Crippen LogP contribution in [0.25, 0.3) is 11.3 Å². The largest absolute Gasteiger partial charge is 0.434 e. The van der Waals surface area contributed by atoms with E-state index in [0.717, 1.165) is 23.7 Å². The Hall–Kier alpha value is -2.16. The molecule has 152 valence electrons. The van der Waals surface area contributed by atoms with Gasteiger partial charge >= 0.3 is 6.18 Å². The molecule has 0 fully saturated rings. The lowest BCUT2D eigenvalue weighted by atomic mass is 10.0. The van der Waals surface area contributed by atoms with Gasteiger partial charge in [0.15, 0.2) is 16.7 Å². The van der Waals surface area contributed by atoms with Gasteiger partial charge in [0.1, 0.15) is 0 Å². The first-order valence-electron chi connectivity index (χ1n) is 8.93. The topological polar surface area (TPSA) is 46.9 Å². The van der Waals surface area contributed by atoms with E-state index in [1.165, 1.54) is 16.1 Å². The zero-order valence-corrected chi connectivity index (χ0v) is 16.9. The lowest BCUT2D eigenvalue weighted by Crippen LogP contribution is -2.14. The number of nitrogens with one attached hydrogen (secondary N) is 1. The molecule has 0 amide bonds. The highest BCUT2D eigenvalue weighted by Crippen LogP contribution is 2.43. The van der Waals surface area contributed by atoms with Gasteiger partial charge in [0.05, 0.1) is 10.6 Å². The number of pyridine rings is 1. The lowest BCUT2D eigenvalue weighted by Gasteiger charge is -2.15. The molecular formula is C20H17ClF3N3OS. The molecule has 4 rings (SSSR count). The summed E-state index contributed by atoms with van der Waals surface area (Å²) in [4.78, 5) is 3.99. The molecule has 4 nitrogen and oxygen atoms in total. The van der Waals surface area contributed by atoms with Crippen LogP contribution in [0.2, 0.25) is 5.02 Å². The van der Waals surface area contributed by atoms with Gasteiger partial charge in [-0.05, 0) is 61.3 Å². The average Bonchev–Trinajstić information content (AvgIpc) is 3.25. The molecule has 0 radical (unpaired) electrons. The van der Waals surface area contributed by atoms with E-state index in [4.69, 9.17) is 11.6 Å². The summed E-state index contributed by atoms with van der Waals surface area (Å²) in [6.45, 7) is 0. The third-order valence-electron chi connectivity index (χ3n) is 5.03. The molecule has 1 aliphatic rings. The van der Waals surface area contributed by atoms with E-state index < -0.39 is 22.9 Å². The van der Waals surface area contributed by atoms with Crippen molar-refractivity contribution in [2.24, 2.45) is 0 Å². The molecule has 2 aromatic heterocycles. The third kappa shape index (κ3) is 3.60. The summed E-state index contributed by atoms with van der Waals surface area (Å²) in [6.07, 6.45) is -0.479. The molecule has 0 spiro atoms. The molecule has 0 bridgehead atoms. The molecule has 0 aliphatic heterocycles. The zero-order valence-electron chi connectivity index (χ0n) is 15.3. The third-order valence-corrected chi connectivity index (χ3v) is 6.56. The second-order valence-electron chi connectivity index (χ2n) is 6.72. The van der Waals surface area contributed by atoms with Crippen LogP contribution in [0.1, 0.15) is 29.3 Å². The van der Waals surface area contributed by atoms with Crippen LogP contribution in [0.15, 0.2) is 53.7 Å². The van der Waals surface area contributed by atoms with E-state index in [-0.39, 0.29) is 17.3 Å². The van der Waals surface area contributed by atoms with Gasteiger partial charge in [-0.3, -0.25) is 8.96 Å². The summed E-state index contributed by atoms with van der Waals surface area (Å²) in [5.41, 5.74) is 0.844. The smallest absolute Gasteiger partial charge is 0.313 e. The maximum atomic E-state index is 13.7. The van der Waals surface area contributed by atoms with Gasteiger partial charge in [-0.1, -0.05) is 17.7 Å². The highest BCUT2D eigenvalue weighted by atomic mass is 35.5. The number of halogens is 4. The molecule has 1 aromatic carbocycles. The van der Waals surface area contributed by atoms with Gasteiger partial charge in [-0.2, -0.15) is 13.2 Å². The highest BCUT2D eigenvalue weighted by Gasteiger charge is 2.38. The maximum absolute atomic E-state index is 13.7. The van der Waals surface area contributed by atoms with E-state index in [0.29, 0.717) is 16.3 Å². The van der Waals surface area contributed by atoms with Gasteiger partial charge in [0.25, 0.3) is 0 Å². The normalized spacial score (nSPS) is 17.3. The first-order chi connectivity index (χ1) is 13.8. The summed E-state index contributed by atoms with van der Waals surface area (Å²) in [7, 11) is 0.0326. The molecule has 1 aliphatic carbocycles. The standard InChI is InChI=1S/C20H17ClF3N3OS/c1-25-17-8-7-14-16(17)11-27(29(28)13-5-2-4-12(21)10-13)18(14)15-6-3-9-26-19(15)20(22,23)24/h2-6,9-11,17,25H,7-8H2,1H3. The van der Waals surface area contributed by atoms with Gasteiger partial charge < -0.3 is 5.32 Å². The highest BCUT2D eigenvalue weighted by molar-refractivity contribution is 7.83. The summed E-state index contributed by atoms with van der Waals surface area (Å²) in [5, 5.41) is 3.58. The van der Waals surface area contributed by atoms with E-state index in [2.05, 4.69) is 10.3 Å². The second kappa shape index (κ2) is 7.59. The monoisotopic (exact) mass is 439 g/mol. The Morgan fingerprint density at radius 2 is 2.07 bits per heavy atom. The maximum Gasteiger partial charge on any atom is 0.434 e. The summed E-state index contributed by atoms with van der Waals surface area (Å²) >= 11 is 6.03. The Balaban J connectivity index is 1.96. The fourth-order valence-corrected chi connectivity index (χ4v) is 5.26. The van der Waals surface area contributed by atoms with E-state index in [1.54, 1.807) is 37.5 Å². The summed E-state index contributed by atoms with van der Waals surface area (Å²) in [6, 6.07) is 9.33. The van der Waals surface area contributed by atoms with Crippen molar-refractivity contribution < 1.29 is 17.4 Å². The number of aromatic nitrogens is 2. The van der Waals surface area contributed by atoms with Crippen molar-refractivity contribution in [3.63, 3.8) is 0 Å². The van der Waals surface area contributed by atoms with Crippen LogP contribution in [0, 0.1) is 0 Å². The Bertz CT molecular complexity index is 1100. The van der Waals surface area contributed by atoms with Gasteiger partial charge in [0.2, 0.25) is 0 Å². The van der Waals surface area contributed by atoms with Crippen molar-refractivity contribution in [2.75, 3.05) is 7.05 Å². The average molecular weight is 440 g/mol. The Morgan fingerprint density at radius 1 is 1.28 bits per heavy atom. The van der Waals surface area contributed by atoms with Crippen LogP contribution < -0.4 is 5.32 Å². The van der Waals surface area contributed by atoms with Crippen LogP contribution in [0.4, 0.5) is 13.2 Å². The number of hydrogen-bond donors (Lipinski definition) is 1. The SMILES string of the molecule is CNC1CCc2c1cn(S(=O)c1cccc(Cl)c1)c2-c1cccnc1C(F)(F)F. The minimum absolute atomic E-state index is 0.00707. The van der Waals surface area contributed by atoms with Crippen molar-refractivity contribution in [3.05, 3.63) is 70.6 Å². The Kier molecular flexibility index (Phi) is 5.27. The Morgan fingerprint density at radius 3 is 2.76 bits per heavy atom. The number of alkyl halides is 3. The number of nitrogens with zero attached hydrogens (tertiary/aromatic N) is 2. The second-order valence-corrected chi connectivity index (χ2v) is 8.52. The van der Waals surface area contributed by atoms with Crippen molar-refractivity contribution in [1.29, 1.82) is 0 Å². The van der Waals surface area contributed by atoms with Gasteiger partial charge in [-0.25, -0.2) is 4.21 Å². The molecule has 2 atom stereocenters. The number of rotatable bonds is 4. The molecule has 3 aromatic rings. The van der Waals surface area contributed by atoms with Crippen LogP contribution in [-0.2, 0) is 23.6 Å². The summed E-state index contributed by atoms with van der Waals surface area (Å²) in [5.74, 6) is 0. The number of benzene rings is 1. The molecular weight excluding hydrogens is 423 g/mol. The molecule has 2 unspecified atom stereocenters. The fraction of sp³-hybridized carbons (Fsp3) is 0.250. The molecule has 0 saturated carbocycles. The predicted octanol–water partition coefficient (Wildman–Crippen LogP) is 5.00. The van der Waals surface area contributed by atoms with Crippen LogP contribution in [0.3, 0.4) is 0 Å². The van der Waals surface area contributed by atoms with E-state index in [1.807, 2.05) is 0 Å². The first-order valence-corrected chi connectivity index (χ1v) is 10.4. The first kappa shape index (κ1) is 20.1. The Labute approximate surface area is 173 Å². The lowest BCUT2D eigenvalue weighted by molar-refractivity contribution is -0.140. The number of fused-ring (bicyclic) bond motifs is 1. The molecule has 2 heterocycles. The van der Waals surface area contributed by atoms with E-state index >= 15 is 0 Å². The van der Waals surface area contributed by atoms with E-state index in [9.17, 15) is 17.4 Å². The molecule has 1 N–H and O–H groups in total. The van der Waals surface area contributed by atoms with Gasteiger partial charge in [0, 0.05) is 29.0 Å². The number of hydrogen-bond acceptors (Lipinski definition) is 3. The minimum atomic E-state index is -4.63. The van der Waals surface area contributed by atoms with Crippen molar-refractivity contribution in [1.82, 2.24) is 14.3 Å². The van der Waals surface area contributed by atoms with Crippen LogP contribution in [-0.4, -0.2) is 20.2 Å². The van der Waals surface area contributed by atoms with Crippen LogP contribution in [0.5, 0.6) is 0 Å². The zero-order chi connectivity index (χ0) is 20.8. The van der Waals surface area contributed by atoms with Gasteiger partial charge in [-0.15, -0.1) is 0 Å². The molecule has 0 saturated heterocycles.